The highest BCUT2D eigenvalue weighted by Crippen LogP contribution is 1.92. The molecule has 0 fully saturated rings. The number of nitrogens with two attached hydrogens (primary N) is 1. The first-order valence-electron chi connectivity index (χ1n) is 3.18. The normalized spacial score (nSPS) is 9.91. The van der Waals surface area contributed by atoms with Crippen LogP contribution in [-0.2, 0) is 6.42 Å². The standard InChI is InChI=1S/C6H9N3OS/c7-6-8-3-4(1-2-11)5(10)9-6/h3,11H,1-2H2,(H3,7,8,9,10). The fourth-order valence-corrected chi connectivity index (χ4v) is 0.974. The second-order valence-corrected chi connectivity index (χ2v) is 2.54. The number of aromatic amines is 1. The molecule has 0 amide bonds. The number of H-pyrrole nitrogens is 1. The Kier molecular flexibility index (Phi) is 2.53. The Morgan fingerprint density at radius 1 is 1.73 bits per heavy atom. The second-order valence-electron chi connectivity index (χ2n) is 2.10. The molecule has 3 N–H and O–H groups in total. The minimum atomic E-state index is -0.174. The van der Waals surface area contributed by atoms with E-state index < -0.39 is 0 Å². The highest BCUT2D eigenvalue weighted by Gasteiger charge is 1.97. The van der Waals surface area contributed by atoms with Gasteiger partial charge in [0.25, 0.3) is 5.56 Å². The second kappa shape index (κ2) is 3.43. The molecule has 0 unspecified atom stereocenters. The zero-order valence-corrected chi connectivity index (χ0v) is 6.77. The molecule has 0 radical (unpaired) electrons. The van der Waals surface area contributed by atoms with Gasteiger partial charge >= 0.3 is 0 Å². The van der Waals surface area contributed by atoms with Crippen molar-refractivity contribution in [1.29, 1.82) is 0 Å². The Labute approximate surface area is 69.3 Å². The van der Waals surface area contributed by atoms with Crippen molar-refractivity contribution in [3.05, 3.63) is 22.1 Å². The van der Waals surface area contributed by atoms with Gasteiger partial charge < -0.3 is 5.73 Å². The van der Waals surface area contributed by atoms with Crippen molar-refractivity contribution >= 4 is 18.6 Å². The first-order chi connectivity index (χ1) is 5.24. The van der Waals surface area contributed by atoms with Gasteiger partial charge in [-0.05, 0) is 12.2 Å². The van der Waals surface area contributed by atoms with Crippen molar-refractivity contribution in [3.8, 4) is 0 Å². The maximum Gasteiger partial charge on any atom is 0.255 e. The number of hydrogen-bond acceptors (Lipinski definition) is 4. The van der Waals surface area contributed by atoms with Crippen LogP contribution in [0, 0.1) is 0 Å². The van der Waals surface area contributed by atoms with Crippen LogP contribution in [-0.4, -0.2) is 15.7 Å². The van der Waals surface area contributed by atoms with Crippen LogP contribution in [0.5, 0.6) is 0 Å². The van der Waals surface area contributed by atoms with Gasteiger partial charge in [0.2, 0.25) is 0 Å². The number of nitrogens with zero attached hydrogens (tertiary/aromatic N) is 1. The summed E-state index contributed by atoms with van der Waals surface area (Å²) in [4.78, 5) is 17.2. The van der Waals surface area contributed by atoms with Crippen molar-refractivity contribution in [2.75, 3.05) is 11.5 Å². The molecule has 0 saturated heterocycles. The fourth-order valence-electron chi connectivity index (χ4n) is 0.733. The molecular formula is C6H9N3OS. The van der Waals surface area contributed by atoms with E-state index in [2.05, 4.69) is 22.6 Å². The van der Waals surface area contributed by atoms with Gasteiger partial charge in [-0.2, -0.15) is 12.6 Å². The summed E-state index contributed by atoms with van der Waals surface area (Å²) in [5.74, 6) is 0.784. The lowest BCUT2D eigenvalue weighted by molar-refractivity contribution is 1.02. The van der Waals surface area contributed by atoms with Crippen molar-refractivity contribution in [3.63, 3.8) is 0 Å². The van der Waals surface area contributed by atoms with E-state index in [4.69, 9.17) is 5.73 Å². The van der Waals surface area contributed by atoms with Gasteiger partial charge in [-0.15, -0.1) is 0 Å². The van der Waals surface area contributed by atoms with Gasteiger partial charge in [0.15, 0.2) is 5.95 Å². The summed E-state index contributed by atoms with van der Waals surface area (Å²) < 4.78 is 0. The lowest BCUT2D eigenvalue weighted by atomic mass is 10.3. The molecule has 1 heterocycles. The Balaban J connectivity index is 3.00. The third kappa shape index (κ3) is 1.98. The molecule has 0 aliphatic carbocycles. The average Bonchev–Trinajstić information content (AvgIpc) is 1.95. The number of nitrogen functional groups attached to an aromatic ring is 1. The quantitative estimate of drug-likeness (QED) is 0.541. The maximum absolute atomic E-state index is 11.0. The molecule has 0 aliphatic heterocycles. The van der Waals surface area contributed by atoms with Gasteiger partial charge in [-0.25, -0.2) is 4.98 Å². The third-order valence-corrected chi connectivity index (χ3v) is 1.50. The van der Waals surface area contributed by atoms with Gasteiger partial charge in [0.05, 0.1) is 0 Å². The minimum absolute atomic E-state index is 0.151. The van der Waals surface area contributed by atoms with Gasteiger partial charge in [-0.3, -0.25) is 9.78 Å². The number of anilines is 1. The molecule has 1 rings (SSSR count). The number of rotatable bonds is 2. The Morgan fingerprint density at radius 3 is 3.00 bits per heavy atom. The van der Waals surface area contributed by atoms with E-state index in [0.29, 0.717) is 17.7 Å². The SMILES string of the molecule is Nc1ncc(CCS)c(=O)[nH]1. The van der Waals surface area contributed by atoms with Crippen molar-refractivity contribution < 1.29 is 0 Å². The van der Waals surface area contributed by atoms with Crippen LogP contribution in [0.4, 0.5) is 5.95 Å². The summed E-state index contributed by atoms with van der Waals surface area (Å²) in [6.07, 6.45) is 2.09. The summed E-state index contributed by atoms with van der Waals surface area (Å²) in [7, 11) is 0. The Bertz CT molecular complexity index is 296. The van der Waals surface area contributed by atoms with Crippen LogP contribution in [0.15, 0.2) is 11.0 Å². The first-order valence-corrected chi connectivity index (χ1v) is 3.82. The molecule has 0 aromatic carbocycles. The minimum Gasteiger partial charge on any atom is -0.369 e. The zero-order chi connectivity index (χ0) is 8.27. The van der Waals surface area contributed by atoms with Gasteiger partial charge in [0.1, 0.15) is 0 Å². The van der Waals surface area contributed by atoms with E-state index in [0.717, 1.165) is 0 Å². The molecule has 0 aliphatic rings. The monoisotopic (exact) mass is 171 g/mol. The molecule has 11 heavy (non-hydrogen) atoms. The molecule has 0 atom stereocenters. The summed E-state index contributed by atoms with van der Waals surface area (Å²) in [6.45, 7) is 0. The van der Waals surface area contributed by atoms with Crippen LogP contribution in [0.1, 0.15) is 5.56 Å². The van der Waals surface area contributed by atoms with Gasteiger partial charge in [0, 0.05) is 11.8 Å². The summed E-state index contributed by atoms with van der Waals surface area (Å²) in [5.41, 5.74) is 5.68. The molecule has 1 aromatic rings. The molecule has 0 saturated carbocycles. The predicted molar refractivity (Wildman–Crippen MR) is 46.8 cm³/mol. The molecule has 1 aromatic heterocycles. The molecule has 60 valence electrons. The van der Waals surface area contributed by atoms with Crippen LogP contribution in [0.2, 0.25) is 0 Å². The first kappa shape index (κ1) is 8.13. The van der Waals surface area contributed by atoms with Gasteiger partial charge in [-0.1, -0.05) is 0 Å². The lowest BCUT2D eigenvalue weighted by Crippen LogP contribution is -2.15. The highest BCUT2D eigenvalue weighted by molar-refractivity contribution is 7.80. The van der Waals surface area contributed by atoms with Crippen LogP contribution in [0.3, 0.4) is 0 Å². The number of aryl methyl sites for hydroxylation is 1. The van der Waals surface area contributed by atoms with E-state index >= 15 is 0 Å². The van der Waals surface area contributed by atoms with E-state index in [1.807, 2.05) is 0 Å². The van der Waals surface area contributed by atoms with Crippen molar-refractivity contribution in [1.82, 2.24) is 9.97 Å². The van der Waals surface area contributed by atoms with E-state index in [1.54, 1.807) is 0 Å². The highest BCUT2D eigenvalue weighted by atomic mass is 32.1. The van der Waals surface area contributed by atoms with Crippen molar-refractivity contribution in [2.45, 2.75) is 6.42 Å². The molecule has 0 spiro atoms. The average molecular weight is 171 g/mol. The molecule has 5 heteroatoms. The predicted octanol–water partition coefficient (Wildman–Crippen LogP) is -0.176. The summed E-state index contributed by atoms with van der Waals surface area (Å²) >= 11 is 3.99. The zero-order valence-electron chi connectivity index (χ0n) is 5.87. The Hall–Kier alpha value is -0.970. The van der Waals surface area contributed by atoms with Crippen LogP contribution < -0.4 is 11.3 Å². The Morgan fingerprint density at radius 2 is 2.45 bits per heavy atom. The fraction of sp³-hybridized carbons (Fsp3) is 0.333. The number of thiol groups is 1. The number of aromatic nitrogens is 2. The van der Waals surface area contributed by atoms with E-state index in [-0.39, 0.29) is 11.5 Å². The van der Waals surface area contributed by atoms with E-state index in [9.17, 15) is 4.79 Å². The van der Waals surface area contributed by atoms with Crippen LogP contribution in [0.25, 0.3) is 0 Å². The van der Waals surface area contributed by atoms with Crippen molar-refractivity contribution in [2.24, 2.45) is 0 Å². The largest absolute Gasteiger partial charge is 0.369 e. The number of hydrogen-bond donors (Lipinski definition) is 3. The lowest BCUT2D eigenvalue weighted by Gasteiger charge is -1.95. The maximum atomic E-state index is 11.0. The summed E-state index contributed by atoms with van der Waals surface area (Å²) in [5, 5.41) is 0. The topological polar surface area (TPSA) is 71.8 Å². The third-order valence-electron chi connectivity index (χ3n) is 1.27. The molecular weight excluding hydrogens is 162 g/mol. The summed E-state index contributed by atoms with van der Waals surface area (Å²) in [6, 6.07) is 0. The van der Waals surface area contributed by atoms with E-state index in [1.165, 1.54) is 6.20 Å². The number of nitrogens with one attached hydrogen (secondary N) is 1. The molecule has 0 bridgehead atoms. The van der Waals surface area contributed by atoms with Crippen LogP contribution >= 0.6 is 12.6 Å². The smallest absolute Gasteiger partial charge is 0.255 e. The molecule has 4 nitrogen and oxygen atoms in total.